The van der Waals surface area contributed by atoms with E-state index in [1.807, 2.05) is 0 Å². The number of β-lactam (4-membered cyclic amide) rings is 1. The lowest BCUT2D eigenvalue weighted by atomic mass is 10.1. The molecule has 9 nitrogen and oxygen atoms in total. The van der Waals surface area contributed by atoms with Crippen LogP contribution in [0.15, 0.2) is 23.1 Å². The standard InChI is InChI=1S/C10H9ClN4O3S.C2HF3O2/c11-4-3-19-8-5(14-10-12-1-2-13-10)7(16)15(8)6(4)9(17)18;3-2(4,5)1(6)7/h1-2,5,8H,3H2,(H,17,18)(H2,12,13,14);(H,6,7)/t5?,8-;/m1./s1. The van der Waals surface area contributed by atoms with Gasteiger partial charge in [-0.05, 0) is 0 Å². The molecule has 1 aromatic rings. The Morgan fingerprint density at radius 2 is 2.04 bits per heavy atom. The summed E-state index contributed by atoms with van der Waals surface area (Å²) in [5, 5.41) is 19.1. The van der Waals surface area contributed by atoms with E-state index in [0.29, 0.717) is 11.7 Å². The average Bonchev–Trinajstić information content (AvgIpc) is 3.05. The van der Waals surface area contributed by atoms with E-state index in [-0.39, 0.29) is 22.0 Å². The quantitative estimate of drug-likeness (QED) is 0.543. The van der Waals surface area contributed by atoms with Crippen LogP contribution in [0.3, 0.4) is 0 Å². The zero-order chi connectivity index (χ0) is 19.6. The summed E-state index contributed by atoms with van der Waals surface area (Å²) in [4.78, 5) is 40.1. The molecular weight excluding hydrogens is 405 g/mol. The number of imidazole rings is 1. The summed E-state index contributed by atoms with van der Waals surface area (Å²) < 4.78 is 31.7. The molecule has 142 valence electrons. The van der Waals surface area contributed by atoms with Crippen LogP contribution in [-0.2, 0) is 14.4 Å². The van der Waals surface area contributed by atoms with Gasteiger partial charge < -0.3 is 20.5 Å². The largest absolute Gasteiger partial charge is 0.490 e. The van der Waals surface area contributed by atoms with Gasteiger partial charge in [-0.1, -0.05) is 11.6 Å². The minimum Gasteiger partial charge on any atom is -0.477 e. The molecule has 0 spiro atoms. The number of aromatic nitrogens is 2. The van der Waals surface area contributed by atoms with E-state index in [1.165, 1.54) is 16.7 Å². The number of rotatable bonds is 3. The van der Waals surface area contributed by atoms with E-state index in [4.69, 9.17) is 26.6 Å². The lowest BCUT2D eigenvalue weighted by Crippen LogP contribution is -2.67. The molecule has 2 atom stereocenters. The van der Waals surface area contributed by atoms with Gasteiger partial charge in [-0.2, -0.15) is 13.2 Å². The first-order chi connectivity index (χ1) is 12.0. The Bertz CT molecular complexity index is 755. The normalized spacial score (nSPS) is 22.0. The number of carbonyl (C=O) groups excluding carboxylic acids is 1. The first-order valence-electron chi connectivity index (χ1n) is 6.66. The smallest absolute Gasteiger partial charge is 0.477 e. The Hall–Kier alpha value is -2.41. The zero-order valence-corrected chi connectivity index (χ0v) is 14.0. The van der Waals surface area contributed by atoms with Gasteiger partial charge in [0.05, 0.1) is 5.03 Å². The third-order valence-corrected chi connectivity index (χ3v) is 4.91. The molecule has 4 N–H and O–H groups in total. The van der Waals surface area contributed by atoms with E-state index < -0.39 is 24.2 Å². The number of H-pyrrole nitrogens is 1. The molecule has 14 heteroatoms. The molecule has 2 aliphatic heterocycles. The highest BCUT2D eigenvalue weighted by molar-refractivity contribution is 8.00. The first-order valence-corrected chi connectivity index (χ1v) is 8.09. The number of halogens is 4. The van der Waals surface area contributed by atoms with Gasteiger partial charge in [0.1, 0.15) is 17.1 Å². The maximum Gasteiger partial charge on any atom is 0.490 e. The second kappa shape index (κ2) is 7.45. The minimum atomic E-state index is -5.08. The lowest BCUT2D eigenvalue weighted by Gasteiger charge is -2.48. The number of carboxylic acids is 2. The van der Waals surface area contributed by atoms with Crippen LogP contribution in [0.5, 0.6) is 0 Å². The molecule has 0 aromatic carbocycles. The summed E-state index contributed by atoms with van der Waals surface area (Å²) in [7, 11) is 0. The van der Waals surface area contributed by atoms with Crippen molar-refractivity contribution >= 4 is 47.2 Å². The summed E-state index contributed by atoms with van der Waals surface area (Å²) in [6, 6.07) is -0.490. The van der Waals surface area contributed by atoms with Crippen LogP contribution in [0, 0.1) is 0 Å². The highest BCUT2D eigenvalue weighted by atomic mass is 35.5. The lowest BCUT2D eigenvalue weighted by molar-refractivity contribution is -0.192. The molecule has 0 bridgehead atoms. The molecule has 1 aromatic heterocycles. The van der Waals surface area contributed by atoms with E-state index in [0.717, 1.165) is 0 Å². The molecular formula is C12H10ClF3N4O5S. The molecule has 0 aliphatic carbocycles. The number of hydrogen-bond donors (Lipinski definition) is 4. The van der Waals surface area contributed by atoms with Gasteiger partial charge in [0.2, 0.25) is 5.95 Å². The maximum absolute atomic E-state index is 12.0. The van der Waals surface area contributed by atoms with Gasteiger partial charge in [-0.15, -0.1) is 11.8 Å². The third-order valence-electron chi connectivity index (χ3n) is 3.16. The Morgan fingerprint density at radius 1 is 1.42 bits per heavy atom. The number of fused-ring (bicyclic) bond motifs is 1. The fourth-order valence-corrected chi connectivity index (χ4v) is 3.62. The van der Waals surface area contributed by atoms with Crippen LogP contribution in [0.4, 0.5) is 19.1 Å². The fourth-order valence-electron chi connectivity index (χ4n) is 2.07. The van der Waals surface area contributed by atoms with Crippen LogP contribution in [-0.4, -0.2) is 66.3 Å². The number of hydrogen-bond acceptors (Lipinski definition) is 6. The van der Waals surface area contributed by atoms with Gasteiger partial charge in [0, 0.05) is 18.1 Å². The van der Waals surface area contributed by atoms with Gasteiger partial charge in [-0.3, -0.25) is 9.69 Å². The number of anilines is 1. The monoisotopic (exact) mass is 414 g/mol. The molecule has 3 rings (SSSR count). The average molecular weight is 415 g/mol. The second-order valence-corrected chi connectivity index (χ2v) is 6.39. The first kappa shape index (κ1) is 19.9. The molecule has 26 heavy (non-hydrogen) atoms. The van der Waals surface area contributed by atoms with E-state index in [2.05, 4.69) is 15.3 Å². The molecule has 0 saturated carbocycles. The Balaban J connectivity index is 0.000000298. The maximum atomic E-state index is 12.0. The Kier molecular flexibility index (Phi) is 5.71. The van der Waals surface area contributed by atoms with Crippen molar-refractivity contribution in [2.24, 2.45) is 0 Å². The number of nitrogens with one attached hydrogen (secondary N) is 2. The summed E-state index contributed by atoms with van der Waals surface area (Å²) in [5.74, 6) is -3.39. The highest BCUT2D eigenvalue weighted by Crippen LogP contribution is 2.42. The number of aromatic amines is 1. The van der Waals surface area contributed by atoms with Gasteiger partial charge in [-0.25, -0.2) is 14.6 Å². The summed E-state index contributed by atoms with van der Waals surface area (Å²) >= 11 is 7.30. The van der Waals surface area contributed by atoms with Gasteiger partial charge in [0.15, 0.2) is 0 Å². The molecule has 1 fully saturated rings. The van der Waals surface area contributed by atoms with Crippen LogP contribution >= 0.6 is 23.4 Å². The van der Waals surface area contributed by atoms with Gasteiger partial charge >= 0.3 is 18.1 Å². The van der Waals surface area contributed by atoms with Crippen molar-refractivity contribution in [3.63, 3.8) is 0 Å². The van der Waals surface area contributed by atoms with Gasteiger partial charge in [0.25, 0.3) is 5.91 Å². The van der Waals surface area contributed by atoms with Crippen molar-refractivity contribution in [1.82, 2.24) is 14.9 Å². The summed E-state index contributed by atoms with van der Waals surface area (Å²) in [5.41, 5.74) is -0.118. The molecule has 1 amide bonds. The summed E-state index contributed by atoms with van der Waals surface area (Å²) in [6.07, 6.45) is -1.88. The number of carbonyl (C=O) groups is 3. The van der Waals surface area contributed by atoms with Crippen LogP contribution in [0.1, 0.15) is 0 Å². The molecule has 0 radical (unpaired) electrons. The van der Waals surface area contributed by atoms with E-state index in [1.54, 1.807) is 12.4 Å². The predicted octanol–water partition coefficient (Wildman–Crippen LogP) is 1.27. The number of nitrogens with zero attached hydrogens (tertiary/aromatic N) is 2. The Morgan fingerprint density at radius 3 is 2.50 bits per heavy atom. The number of amides is 1. The van der Waals surface area contributed by atoms with Crippen LogP contribution < -0.4 is 5.32 Å². The SMILES string of the molecule is O=C(O)C(F)(F)F.O=C(O)C1=C(Cl)CS[C@@H]2C(Nc3ncc[nH]3)C(=O)N12. The van der Waals surface area contributed by atoms with E-state index in [9.17, 15) is 22.8 Å². The number of alkyl halides is 3. The molecule has 2 aliphatic rings. The van der Waals surface area contributed by atoms with Crippen molar-refractivity contribution < 1.29 is 37.8 Å². The van der Waals surface area contributed by atoms with Crippen LogP contribution in [0.2, 0.25) is 0 Å². The minimum absolute atomic E-state index is 0.118. The van der Waals surface area contributed by atoms with Crippen molar-refractivity contribution in [1.29, 1.82) is 0 Å². The third kappa shape index (κ3) is 4.04. The predicted molar refractivity (Wildman–Crippen MR) is 83.3 cm³/mol. The zero-order valence-electron chi connectivity index (χ0n) is 12.5. The fraction of sp³-hybridized carbons (Fsp3) is 0.333. The van der Waals surface area contributed by atoms with Crippen molar-refractivity contribution in [3.05, 3.63) is 23.1 Å². The highest BCUT2D eigenvalue weighted by Gasteiger charge is 2.53. The topological polar surface area (TPSA) is 136 Å². The number of aliphatic carboxylic acids is 2. The number of carboxylic acid groups (broad SMARTS) is 2. The summed E-state index contributed by atoms with van der Waals surface area (Å²) in [6.45, 7) is 0. The molecule has 1 unspecified atom stereocenters. The van der Waals surface area contributed by atoms with E-state index >= 15 is 0 Å². The molecule has 1 saturated heterocycles. The van der Waals surface area contributed by atoms with Crippen LogP contribution in [0.25, 0.3) is 0 Å². The van der Waals surface area contributed by atoms with Crippen molar-refractivity contribution in [2.45, 2.75) is 17.6 Å². The second-order valence-electron chi connectivity index (χ2n) is 4.83. The number of thioether (sulfide) groups is 1. The molecule has 3 heterocycles. The Labute approximate surface area is 152 Å². The van der Waals surface area contributed by atoms with Crippen molar-refractivity contribution in [3.8, 4) is 0 Å². The van der Waals surface area contributed by atoms with Crippen molar-refractivity contribution in [2.75, 3.05) is 11.1 Å².